The van der Waals surface area contributed by atoms with Gasteiger partial charge in [-0.15, -0.1) is 0 Å². The molecule has 0 aliphatic heterocycles. The zero-order valence-electron chi connectivity index (χ0n) is 12.6. The van der Waals surface area contributed by atoms with Crippen molar-refractivity contribution in [3.63, 3.8) is 0 Å². The number of imide groups is 1. The summed E-state index contributed by atoms with van der Waals surface area (Å²) in [6, 6.07) is 7.55. The zero-order chi connectivity index (χ0) is 15.3. The van der Waals surface area contributed by atoms with Crippen molar-refractivity contribution in [1.29, 1.82) is 0 Å². The molecule has 0 saturated heterocycles. The highest BCUT2D eigenvalue weighted by Crippen LogP contribution is 2.24. The highest BCUT2D eigenvalue weighted by atomic mass is 16.2. The van der Waals surface area contributed by atoms with E-state index in [2.05, 4.69) is 50.4 Å². The van der Waals surface area contributed by atoms with E-state index in [1.165, 1.54) is 11.1 Å². The van der Waals surface area contributed by atoms with E-state index in [9.17, 15) is 9.59 Å². The van der Waals surface area contributed by atoms with Gasteiger partial charge >= 0.3 is 6.03 Å². The van der Waals surface area contributed by atoms with Gasteiger partial charge in [0.25, 0.3) is 0 Å². The van der Waals surface area contributed by atoms with Crippen LogP contribution < -0.4 is 11.1 Å². The molecule has 3 N–H and O–H groups in total. The number of aryl methyl sites for hydroxylation is 1. The van der Waals surface area contributed by atoms with Gasteiger partial charge in [0, 0.05) is 12.0 Å². The second-order valence-electron chi connectivity index (χ2n) is 5.83. The van der Waals surface area contributed by atoms with Crippen LogP contribution in [0, 0.1) is 6.92 Å². The fourth-order valence-corrected chi connectivity index (χ4v) is 2.25. The number of amides is 3. The van der Waals surface area contributed by atoms with Gasteiger partial charge in [0.2, 0.25) is 5.91 Å². The molecule has 3 amide bonds. The molecule has 5 nitrogen and oxygen atoms in total. The second-order valence-corrected chi connectivity index (χ2v) is 5.83. The van der Waals surface area contributed by atoms with Crippen LogP contribution in [0.25, 0.3) is 0 Å². The third kappa shape index (κ3) is 5.01. The summed E-state index contributed by atoms with van der Waals surface area (Å²) in [5.41, 5.74) is 7.26. The molecule has 0 aliphatic rings. The largest absolute Gasteiger partial charge is 0.351 e. The predicted octanol–water partition coefficient (Wildman–Crippen LogP) is 1.40. The standard InChI is InChI=1S/C15H23N3O2/c1-11-5-7-12(8-6-11)15(2,3)10-18(4)9-13(19)17-14(16)20/h5-8H,9-10H2,1-4H3,(H3,16,17,19,20). The van der Waals surface area contributed by atoms with Crippen LogP contribution in [0.15, 0.2) is 24.3 Å². The Kier molecular flexibility index (Phi) is 5.27. The van der Waals surface area contributed by atoms with Crippen molar-refractivity contribution >= 4 is 11.9 Å². The Morgan fingerprint density at radius 1 is 1.25 bits per heavy atom. The predicted molar refractivity (Wildman–Crippen MR) is 79.4 cm³/mol. The number of hydrogen-bond acceptors (Lipinski definition) is 3. The van der Waals surface area contributed by atoms with Crippen LogP contribution in [0.3, 0.4) is 0 Å². The third-order valence-electron chi connectivity index (χ3n) is 3.17. The van der Waals surface area contributed by atoms with E-state index in [0.717, 1.165) is 0 Å². The molecule has 0 bridgehead atoms. The normalized spacial score (nSPS) is 11.4. The van der Waals surface area contributed by atoms with Crippen LogP contribution in [0.1, 0.15) is 25.0 Å². The summed E-state index contributed by atoms with van der Waals surface area (Å²) in [6.45, 7) is 7.14. The van der Waals surface area contributed by atoms with Crippen LogP contribution in [0.2, 0.25) is 0 Å². The lowest BCUT2D eigenvalue weighted by atomic mass is 9.84. The molecule has 110 valence electrons. The molecule has 20 heavy (non-hydrogen) atoms. The molecule has 0 radical (unpaired) electrons. The minimum absolute atomic E-state index is 0.0878. The number of primary amides is 1. The van der Waals surface area contributed by atoms with Crippen molar-refractivity contribution in [3.05, 3.63) is 35.4 Å². The van der Waals surface area contributed by atoms with Gasteiger partial charge in [-0.2, -0.15) is 0 Å². The summed E-state index contributed by atoms with van der Waals surface area (Å²) in [5.74, 6) is -0.389. The van der Waals surface area contributed by atoms with Crippen LogP contribution in [0.4, 0.5) is 4.79 Å². The molecule has 0 unspecified atom stereocenters. The molecule has 0 aromatic heterocycles. The minimum atomic E-state index is -0.818. The third-order valence-corrected chi connectivity index (χ3v) is 3.17. The number of rotatable bonds is 5. The summed E-state index contributed by atoms with van der Waals surface area (Å²) < 4.78 is 0. The van der Waals surface area contributed by atoms with Gasteiger partial charge < -0.3 is 5.73 Å². The molecule has 1 aromatic carbocycles. The first-order valence-corrected chi connectivity index (χ1v) is 6.56. The summed E-state index contributed by atoms with van der Waals surface area (Å²) in [4.78, 5) is 24.0. The van der Waals surface area contributed by atoms with Gasteiger partial charge in [-0.3, -0.25) is 15.0 Å². The number of carbonyl (C=O) groups excluding carboxylic acids is 2. The lowest BCUT2D eigenvalue weighted by molar-refractivity contribution is -0.120. The maximum atomic E-state index is 11.5. The SMILES string of the molecule is Cc1ccc(C(C)(C)CN(C)CC(=O)NC(N)=O)cc1. The van der Waals surface area contributed by atoms with Crippen LogP contribution in [-0.2, 0) is 10.2 Å². The van der Waals surface area contributed by atoms with Gasteiger partial charge in [-0.1, -0.05) is 43.7 Å². The number of nitrogens with one attached hydrogen (secondary N) is 1. The van der Waals surface area contributed by atoms with Gasteiger partial charge in [-0.05, 0) is 19.5 Å². The van der Waals surface area contributed by atoms with Crippen molar-refractivity contribution in [2.45, 2.75) is 26.2 Å². The number of benzene rings is 1. The molecule has 0 aliphatic carbocycles. The van der Waals surface area contributed by atoms with Crippen LogP contribution >= 0.6 is 0 Å². The van der Waals surface area contributed by atoms with Crippen molar-refractivity contribution < 1.29 is 9.59 Å². The van der Waals surface area contributed by atoms with E-state index in [0.29, 0.717) is 6.54 Å². The molecular weight excluding hydrogens is 254 g/mol. The molecule has 0 fully saturated rings. The van der Waals surface area contributed by atoms with E-state index in [1.54, 1.807) is 0 Å². The number of hydrogen-bond donors (Lipinski definition) is 2. The second kappa shape index (κ2) is 6.52. The Hall–Kier alpha value is -1.88. The molecule has 0 heterocycles. The zero-order valence-corrected chi connectivity index (χ0v) is 12.6. The molecule has 5 heteroatoms. The van der Waals surface area contributed by atoms with Crippen molar-refractivity contribution in [1.82, 2.24) is 10.2 Å². The van der Waals surface area contributed by atoms with Gasteiger partial charge in [0.1, 0.15) is 0 Å². The Morgan fingerprint density at radius 3 is 2.30 bits per heavy atom. The number of nitrogens with two attached hydrogens (primary N) is 1. The molecular formula is C15H23N3O2. The van der Waals surface area contributed by atoms with Gasteiger partial charge in [-0.25, -0.2) is 4.79 Å². The van der Waals surface area contributed by atoms with Gasteiger partial charge in [0.15, 0.2) is 0 Å². The summed E-state index contributed by atoms with van der Waals surface area (Å²) >= 11 is 0. The Balaban J connectivity index is 2.63. The lowest BCUT2D eigenvalue weighted by Crippen LogP contribution is -2.44. The highest BCUT2D eigenvalue weighted by molar-refractivity contribution is 5.94. The average Bonchev–Trinajstić information content (AvgIpc) is 2.26. The van der Waals surface area contributed by atoms with Crippen LogP contribution in [0.5, 0.6) is 0 Å². The number of likely N-dealkylation sites (N-methyl/N-ethyl adjacent to an activating group) is 1. The molecule has 0 spiro atoms. The first-order chi connectivity index (χ1) is 9.20. The monoisotopic (exact) mass is 277 g/mol. The van der Waals surface area contributed by atoms with E-state index in [1.807, 2.05) is 11.9 Å². The molecule has 0 atom stereocenters. The first kappa shape index (κ1) is 16.2. The fourth-order valence-electron chi connectivity index (χ4n) is 2.25. The molecule has 1 rings (SSSR count). The molecule has 0 saturated carbocycles. The van der Waals surface area contributed by atoms with Crippen molar-refractivity contribution in [2.24, 2.45) is 5.73 Å². The Labute approximate surface area is 120 Å². The van der Waals surface area contributed by atoms with E-state index < -0.39 is 6.03 Å². The summed E-state index contributed by atoms with van der Waals surface area (Å²) in [6.07, 6.45) is 0. The van der Waals surface area contributed by atoms with E-state index >= 15 is 0 Å². The Bertz CT molecular complexity index is 480. The Morgan fingerprint density at radius 2 is 1.80 bits per heavy atom. The van der Waals surface area contributed by atoms with Crippen molar-refractivity contribution in [3.8, 4) is 0 Å². The number of urea groups is 1. The smallest absolute Gasteiger partial charge is 0.318 e. The number of carbonyl (C=O) groups is 2. The van der Waals surface area contributed by atoms with E-state index in [4.69, 9.17) is 5.73 Å². The topological polar surface area (TPSA) is 75.4 Å². The maximum Gasteiger partial charge on any atom is 0.318 e. The minimum Gasteiger partial charge on any atom is -0.351 e. The van der Waals surface area contributed by atoms with E-state index in [-0.39, 0.29) is 17.9 Å². The first-order valence-electron chi connectivity index (χ1n) is 6.56. The maximum absolute atomic E-state index is 11.5. The summed E-state index contributed by atoms with van der Waals surface area (Å²) in [7, 11) is 1.84. The quantitative estimate of drug-likeness (QED) is 0.854. The summed E-state index contributed by atoms with van der Waals surface area (Å²) in [5, 5.41) is 2.06. The van der Waals surface area contributed by atoms with Gasteiger partial charge in [0.05, 0.1) is 6.54 Å². The highest BCUT2D eigenvalue weighted by Gasteiger charge is 2.23. The fraction of sp³-hybridized carbons (Fsp3) is 0.467. The number of nitrogens with zero attached hydrogens (tertiary/aromatic N) is 1. The van der Waals surface area contributed by atoms with Crippen molar-refractivity contribution in [2.75, 3.05) is 20.1 Å². The van der Waals surface area contributed by atoms with Crippen LogP contribution in [-0.4, -0.2) is 37.0 Å². The lowest BCUT2D eigenvalue weighted by Gasteiger charge is -2.30. The average molecular weight is 277 g/mol. The molecule has 1 aromatic rings.